The van der Waals surface area contributed by atoms with E-state index in [9.17, 15) is 4.79 Å². The van der Waals surface area contributed by atoms with Crippen molar-refractivity contribution >= 4 is 27.6 Å². The van der Waals surface area contributed by atoms with Crippen LogP contribution in [0.25, 0.3) is 11.3 Å². The predicted molar refractivity (Wildman–Crippen MR) is 151 cm³/mol. The highest BCUT2D eigenvalue weighted by Crippen LogP contribution is 2.50. The van der Waals surface area contributed by atoms with Crippen LogP contribution in [0.5, 0.6) is 5.75 Å². The molecule has 1 fully saturated rings. The molecule has 3 aromatic rings. The van der Waals surface area contributed by atoms with Gasteiger partial charge in [0.15, 0.2) is 0 Å². The van der Waals surface area contributed by atoms with Crippen LogP contribution >= 0.6 is 15.9 Å². The maximum Gasteiger partial charge on any atom is 0.322 e. The molecule has 1 aliphatic heterocycles. The molecule has 1 aliphatic carbocycles. The number of pyridine rings is 1. The number of hydrogen-bond acceptors (Lipinski definition) is 6. The van der Waals surface area contributed by atoms with Gasteiger partial charge < -0.3 is 14.8 Å². The van der Waals surface area contributed by atoms with Crippen LogP contribution in [0.2, 0.25) is 0 Å². The average molecular weight is 581 g/mol. The second-order valence-electron chi connectivity index (χ2n) is 10.4. The topological polar surface area (TPSA) is 89.5 Å². The number of nitrogens with zero attached hydrogens (tertiary/aromatic N) is 4. The number of nitrogens with one attached hydrogen (secondary N) is 1. The fourth-order valence-corrected chi connectivity index (χ4v) is 5.95. The molecule has 3 heterocycles. The number of rotatable bonds is 8. The molecule has 9 heteroatoms. The molecule has 1 N–H and O–H groups in total. The van der Waals surface area contributed by atoms with Crippen LogP contribution < -0.4 is 15.0 Å². The molecule has 0 unspecified atom stereocenters. The summed E-state index contributed by atoms with van der Waals surface area (Å²) < 4.78 is 11.9. The van der Waals surface area contributed by atoms with Gasteiger partial charge in [0.1, 0.15) is 18.7 Å². The number of anilines is 1. The fourth-order valence-electron chi connectivity index (χ4n) is 5.61. The highest BCUT2D eigenvalue weighted by Gasteiger charge is 2.48. The van der Waals surface area contributed by atoms with E-state index in [0.29, 0.717) is 26.3 Å². The van der Waals surface area contributed by atoms with E-state index < -0.39 is 0 Å². The SMILES string of the molecule is COCCOc1cc(Br)ccc1CNC(=O)N1CC2(CCCC2)c2nc(-c3cncnc3C(C)C)ccc21. The van der Waals surface area contributed by atoms with Crippen molar-refractivity contribution in [2.45, 2.75) is 57.4 Å². The molecule has 2 aliphatic rings. The Bertz CT molecular complexity index is 1310. The van der Waals surface area contributed by atoms with Crippen LogP contribution in [0.1, 0.15) is 62.4 Å². The Hall–Kier alpha value is -3.04. The molecule has 2 amide bonds. The lowest BCUT2D eigenvalue weighted by Gasteiger charge is -2.24. The number of benzene rings is 1. The van der Waals surface area contributed by atoms with E-state index in [1.165, 1.54) is 0 Å². The molecule has 0 bridgehead atoms. The number of fused-ring (bicyclic) bond motifs is 2. The number of ether oxygens (including phenoxy) is 2. The van der Waals surface area contributed by atoms with Crippen LogP contribution in [0.3, 0.4) is 0 Å². The Labute approximate surface area is 232 Å². The summed E-state index contributed by atoms with van der Waals surface area (Å²) in [5.74, 6) is 0.982. The van der Waals surface area contributed by atoms with Gasteiger partial charge in [-0.3, -0.25) is 4.90 Å². The van der Waals surface area contributed by atoms with Crippen LogP contribution in [0.4, 0.5) is 10.5 Å². The van der Waals surface area contributed by atoms with Gasteiger partial charge in [0.05, 0.1) is 29.4 Å². The van der Waals surface area contributed by atoms with Gasteiger partial charge in [-0.2, -0.15) is 0 Å². The van der Waals surface area contributed by atoms with E-state index >= 15 is 0 Å². The maximum atomic E-state index is 13.6. The molecule has 0 saturated heterocycles. The lowest BCUT2D eigenvalue weighted by molar-refractivity contribution is 0.145. The minimum absolute atomic E-state index is 0.109. The number of halogens is 1. The lowest BCUT2D eigenvalue weighted by Crippen LogP contribution is -2.41. The molecule has 5 rings (SSSR count). The zero-order chi connectivity index (χ0) is 26.7. The first-order valence-electron chi connectivity index (χ1n) is 13.2. The van der Waals surface area contributed by atoms with E-state index in [0.717, 1.165) is 69.8 Å². The zero-order valence-electron chi connectivity index (χ0n) is 22.2. The third-order valence-electron chi connectivity index (χ3n) is 7.50. The molecule has 2 aromatic heterocycles. The van der Waals surface area contributed by atoms with Crippen molar-refractivity contribution in [2.24, 2.45) is 0 Å². The summed E-state index contributed by atoms with van der Waals surface area (Å²) >= 11 is 3.50. The molecule has 1 saturated carbocycles. The van der Waals surface area contributed by atoms with E-state index in [1.54, 1.807) is 13.4 Å². The second-order valence-corrected chi connectivity index (χ2v) is 11.3. The summed E-state index contributed by atoms with van der Waals surface area (Å²) in [4.78, 5) is 29.4. The van der Waals surface area contributed by atoms with Crippen molar-refractivity contribution in [2.75, 3.05) is 31.8 Å². The van der Waals surface area contributed by atoms with Gasteiger partial charge >= 0.3 is 6.03 Å². The van der Waals surface area contributed by atoms with Crippen molar-refractivity contribution in [3.63, 3.8) is 0 Å². The molecule has 38 heavy (non-hydrogen) atoms. The van der Waals surface area contributed by atoms with Gasteiger partial charge in [0, 0.05) is 47.4 Å². The van der Waals surface area contributed by atoms with Crippen molar-refractivity contribution in [1.82, 2.24) is 20.3 Å². The minimum Gasteiger partial charge on any atom is -0.491 e. The van der Waals surface area contributed by atoms with E-state index in [4.69, 9.17) is 14.5 Å². The van der Waals surface area contributed by atoms with Crippen LogP contribution in [-0.2, 0) is 16.7 Å². The van der Waals surface area contributed by atoms with E-state index in [-0.39, 0.29) is 17.4 Å². The predicted octanol–water partition coefficient (Wildman–Crippen LogP) is 5.99. The van der Waals surface area contributed by atoms with Gasteiger partial charge in [-0.15, -0.1) is 0 Å². The van der Waals surface area contributed by atoms with E-state index in [2.05, 4.69) is 45.1 Å². The largest absolute Gasteiger partial charge is 0.491 e. The summed E-state index contributed by atoms with van der Waals surface area (Å²) in [5.41, 5.74) is 5.52. The Morgan fingerprint density at radius 1 is 1.18 bits per heavy atom. The Balaban J connectivity index is 1.40. The summed E-state index contributed by atoms with van der Waals surface area (Å²) in [6.07, 6.45) is 7.80. The van der Waals surface area contributed by atoms with Crippen molar-refractivity contribution in [1.29, 1.82) is 0 Å². The lowest BCUT2D eigenvalue weighted by atomic mass is 9.84. The smallest absolute Gasteiger partial charge is 0.322 e. The molecule has 8 nitrogen and oxygen atoms in total. The van der Waals surface area contributed by atoms with Crippen LogP contribution in [-0.4, -0.2) is 47.9 Å². The maximum absolute atomic E-state index is 13.6. The van der Waals surface area contributed by atoms with Gasteiger partial charge in [-0.05, 0) is 43.0 Å². The molecule has 0 radical (unpaired) electrons. The molecule has 1 spiro atoms. The Morgan fingerprint density at radius 3 is 2.76 bits per heavy atom. The van der Waals surface area contributed by atoms with Gasteiger partial charge in [0.25, 0.3) is 0 Å². The van der Waals surface area contributed by atoms with E-state index in [1.807, 2.05) is 41.4 Å². The highest BCUT2D eigenvalue weighted by atomic mass is 79.9. The summed E-state index contributed by atoms with van der Waals surface area (Å²) in [6.45, 7) is 6.19. The third kappa shape index (κ3) is 5.27. The summed E-state index contributed by atoms with van der Waals surface area (Å²) in [7, 11) is 1.64. The number of carbonyl (C=O) groups is 1. The summed E-state index contributed by atoms with van der Waals surface area (Å²) in [6, 6.07) is 9.74. The average Bonchev–Trinajstić information content (AvgIpc) is 3.53. The van der Waals surface area contributed by atoms with Crippen molar-refractivity contribution < 1.29 is 14.3 Å². The quantitative estimate of drug-likeness (QED) is 0.329. The highest BCUT2D eigenvalue weighted by molar-refractivity contribution is 9.10. The first kappa shape index (κ1) is 26.6. The first-order valence-corrected chi connectivity index (χ1v) is 14.0. The zero-order valence-corrected chi connectivity index (χ0v) is 23.8. The normalized spacial score (nSPS) is 15.8. The van der Waals surface area contributed by atoms with Crippen molar-refractivity contribution in [3.8, 4) is 17.0 Å². The number of amides is 2. The monoisotopic (exact) mass is 579 g/mol. The molecule has 200 valence electrons. The first-order chi connectivity index (χ1) is 18.4. The number of methoxy groups -OCH3 is 1. The van der Waals surface area contributed by atoms with Gasteiger partial charge in [0.2, 0.25) is 0 Å². The minimum atomic E-state index is -0.124. The van der Waals surface area contributed by atoms with Gasteiger partial charge in [-0.1, -0.05) is 48.7 Å². The number of hydrogen-bond donors (Lipinski definition) is 1. The van der Waals surface area contributed by atoms with Crippen molar-refractivity contribution in [3.05, 3.63) is 64.3 Å². The fraction of sp³-hybridized carbons (Fsp3) is 0.448. The number of carbonyl (C=O) groups excluding carboxylic acids is 1. The number of urea groups is 1. The molecule has 1 aromatic carbocycles. The van der Waals surface area contributed by atoms with Crippen LogP contribution in [0.15, 0.2) is 47.3 Å². The molecule has 0 atom stereocenters. The van der Waals surface area contributed by atoms with Crippen LogP contribution in [0, 0.1) is 0 Å². The molecular weight excluding hydrogens is 546 g/mol. The number of aromatic nitrogens is 3. The summed E-state index contributed by atoms with van der Waals surface area (Å²) in [5, 5.41) is 3.12. The third-order valence-corrected chi connectivity index (χ3v) is 8.00. The Morgan fingerprint density at radius 2 is 2.00 bits per heavy atom. The second kappa shape index (κ2) is 11.4. The Kier molecular flexibility index (Phi) is 7.95. The molecular formula is C29H34BrN5O3. The standard InChI is InChI=1S/C29H34BrN5O3/c1-19(2)26-22(16-31-18-33-26)23-8-9-24-27(34-23)29(10-4-5-11-29)17-35(24)28(36)32-15-20-6-7-21(30)14-25(20)38-13-12-37-3/h6-9,14,16,18-19H,4-5,10-13,15,17H2,1-3H3,(H,32,36). The van der Waals surface area contributed by atoms with Gasteiger partial charge in [-0.25, -0.2) is 19.7 Å².